The van der Waals surface area contributed by atoms with Crippen molar-refractivity contribution in [1.29, 1.82) is 5.26 Å². The smallest absolute Gasteiger partial charge is 0.335 e. The molecule has 43 heavy (non-hydrogen) atoms. The molecule has 0 unspecified atom stereocenters. The molecule has 11 heteroatoms. The van der Waals surface area contributed by atoms with Gasteiger partial charge in [-0.25, -0.2) is 9.78 Å². The highest BCUT2D eigenvalue weighted by atomic mass is 35.5. The number of carboxylic acids is 1. The molecule has 2 aliphatic rings. The van der Waals surface area contributed by atoms with Crippen LogP contribution >= 0.6 is 11.6 Å². The van der Waals surface area contributed by atoms with Crippen LogP contribution in [0.3, 0.4) is 0 Å². The standard InChI is InChI=1S/C32H32ClN5O5/c1-20-12-25(43-24-6-9-35-23(15-24)19-42-30-5-2-21(16-34)13-27(30)33)7-10-37(20)18-31-36-28-4-3-22(32(39)40)14-29(28)38(31)17-26-8-11-41-26/h2-6,9,13-15,20,25-26H,7-8,10-12,17-19H2,1H3,(H,39,40)/t20-,25-,26-/m0/s1. The van der Waals surface area contributed by atoms with E-state index >= 15 is 0 Å². The van der Waals surface area contributed by atoms with Crippen molar-refractivity contribution in [1.82, 2.24) is 19.4 Å². The summed E-state index contributed by atoms with van der Waals surface area (Å²) in [6.45, 7) is 5.34. The van der Waals surface area contributed by atoms with Gasteiger partial charge in [0.05, 0.1) is 58.1 Å². The van der Waals surface area contributed by atoms with Gasteiger partial charge >= 0.3 is 5.97 Å². The quantitative estimate of drug-likeness (QED) is 0.252. The molecule has 0 bridgehead atoms. The topological polar surface area (TPSA) is 123 Å². The molecule has 2 aromatic carbocycles. The summed E-state index contributed by atoms with van der Waals surface area (Å²) in [5.74, 6) is 1.20. The van der Waals surface area contributed by atoms with E-state index in [9.17, 15) is 9.90 Å². The van der Waals surface area contributed by atoms with Crippen LogP contribution in [-0.4, -0.2) is 61.9 Å². The predicted molar refractivity (Wildman–Crippen MR) is 159 cm³/mol. The number of nitrogens with zero attached hydrogens (tertiary/aromatic N) is 5. The fourth-order valence-electron chi connectivity index (χ4n) is 5.60. The number of hydrogen-bond acceptors (Lipinski definition) is 8. The van der Waals surface area contributed by atoms with Crippen molar-refractivity contribution < 1.29 is 24.1 Å². The Kier molecular flexibility index (Phi) is 8.47. The molecule has 2 aliphatic heterocycles. The molecule has 2 aromatic heterocycles. The monoisotopic (exact) mass is 601 g/mol. The van der Waals surface area contributed by atoms with Crippen molar-refractivity contribution >= 4 is 28.6 Å². The highest BCUT2D eigenvalue weighted by molar-refractivity contribution is 6.32. The van der Waals surface area contributed by atoms with Crippen LogP contribution in [0.1, 0.15) is 53.6 Å². The van der Waals surface area contributed by atoms with Crippen LogP contribution in [0.15, 0.2) is 54.7 Å². The van der Waals surface area contributed by atoms with Gasteiger partial charge in [0.15, 0.2) is 0 Å². The minimum Gasteiger partial charge on any atom is -0.490 e. The maximum atomic E-state index is 11.6. The van der Waals surface area contributed by atoms with Crippen LogP contribution < -0.4 is 9.47 Å². The number of carboxylic acid groups (broad SMARTS) is 1. The van der Waals surface area contributed by atoms with Gasteiger partial charge in [-0.2, -0.15) is 5.26 Å². The van der Waals surface area contributed by atoms with Crippen LogP contribution in [-0.2, 0) is 24.4 Å². The highest BCUT2D eigenvalue weighted by Crippen LogP contribution is 2.29. The number of benzene rings is 2. The summed E-state index contributed by atoms with van der Waals surface area (Å²) in [5.41, 5.74) is 3.07. The zero-order chi connectivity index (χ0) is 29.9. The first-order chi connectivity index (χ1) is 20.9. The van der Waals surface area contributed by atoms with Gasteiger partial charge in [0.2, 0.25) is 0 Å². The van der Waals surface area contributed by atoms with Gasteiger partial charge in [-0.1, -0.05) is 11.6 Å². The number of aromatic carboxylic acids is 1. The van der Waals surface area contributed by atoms with Crippen LogP contribution in [0.5, 0.6) is 11.5 Å². The molecule has 0 spiro atoms. The Morgan fingerprint density at radius 1 is 1.21 bits per heavy atom. The number of ether oxygens (including phenoxy) is 3. The molecule has 10 nitrogen and oxygen atoms in total. The molecule has 6 rings (SSSR count). The third-order valence-corrected chi connectivity index (χ3v) is 8.39. The summed E-state index contributed by atoms with van der Waals surface area (Å²) in [6, 6.07) is 16.1. The highest BCUT2D eigenvalue weighted by Gasteiger charge is 2.29. The zero-order valence-electron chi connectivity index (χ0n) is 23.8. The molecule has 222 valence electrons. The summed E-state index contributed by atoms with van der Waals surface area (Å²) in [5, 5.41) is 18.9. The van der Waals surface area contributed by atoms with E-state index in [0.29, 0.717) is 35.1 Å². The molecular formula is C32H32ClN5O5. The Hall–Kier alpha value is -4.17. The van der Waals surface area contributed by atoms with Crippen LogP contribution in [0.25, 0.3) is 11.0 Å². The number of halogens is 1. The second-order valence-electron chi connectivity index (χ2n) is 11.0. The molecular weight excluding hydrogens is 570 g/mol. The molecule has 2 saturated heterocycles. The van der Waals surface area contributed by atoms with Crippen molar-refractivity contribution in [3.8, 4) is 17.6 Å². The van der Waals surface area contributed by atoms with Crippen molar-refractivity contribution in [2.75, 3.05) is 13.2 Å². The molecule has 0 aliphatic carbocycles. The van der Waals surface area contributed by atoms with Crippen molar-refractivity contribution in [3.05, 3.63) is 82.4 Å². The second kappa shape index (κ2) is 12.6. The van der Waals surface area contributed by atoms with Crippen LogP contribution in [0.4, 0.5) is 0 Å². The number of carbonyl (C=O) groups is 1. The first kappa shape index (κ1) is 28.9. The summed E-state index contributed by atoms with van der Waals surface area (Å²) in [7, 11) is 0. The van der Waals surface area contributed by atoms with E-state index in [-0.39, 0.29) is 30.4 Å². The summed E-state index contributed by atoms with van der Waals surface area (Å²) in [6.07, 6.45) is 4.58. The number of hydrogen-bond donors (Lipinski definition) is 1. The first-order valence-corrected chi connectivity index (χ1v) is 14.8. The number of likely N-dealkylation sites (tertiary alicyclic amines) is 1. The predicted octanol–water partition coefficient (Wildman–Crippen LogP) is 5.45. The minimum atomic E-state index is -0.948. The lowest BCUT2D eigenvalue weighted by Gasteiger charge is -2.37. The zero-order valence-corrected chi connectivity index (χ0v) is 24.5. The van der Waals surface area contributed by atoms with Gasteiger partial charge < -0.3 is 23.9 Å². The number of piperidine rings is 1. The molecule has 3 atom stereocenters. The van der Waals surface area contributed by atoms with Gasteiger partial charge in [0.25, 0.3) is 0 Å². The lowest BCUT2D eigenvalue weighted by atomic mass is 10.0. The molecule has 1 N–H and O–H groups in total. The average molecular weight is 602 g/mol. The van der Waals surface area contributed by atoms with Crippen LogP contribution in [0.2, 0.25) is 5.02 Å². The number of rotatable bonds is 10. The fourth-order valence-corrected chi connectivity index (χ4v) is 5.84. The Morgan fingerprint density at radius 3 is 2.79 bits per heavy atom. The van der Waals surface area contributed by atoms with E-state index in [0.717, 1.165) is 55.0 Å². The summed E-state index contributed by atoms with van der Waals surface area (Å²) in [4.78, 5) is 23.3. The molecule has 0 amide bonds. The van der Waals surface area contributed by atoms with Crippen LogP contribution in [0, 0.1) is 11.3 Å². The second-order valence-corrected chi connectivity index (χ2v) is 11.4. The Morgan fingerprint density at radius 2 is 2.07 bits per heavy atom. The first-order valence-electron chi connectivity index (χ1n) is 14.4. The maximum Gasteiger partial charge on any atom is 0.335 e. The van der Waals surface area contributed by atoms with Gasteiger partial charge in [-0.15, -0.1) is 0 Å². The normalized spacial score (nSPS) is 20.3. The average Bonchev–Trinajstić information content (AvgIpc) is 3.31. The Labute approximate surface area is 254 Å². The van der Waals surface area contributed by atoms with Crippen molar-refractivity contribution in [2.45, 2.75) is 64.1 Å². The maximum absolute atomic E-state index is 11.6. The summed E-state index contributed by atoms with van der Waals surface area (Å²) >= 11 is 6.23. The van der Waals surface area contributed by atoms with Gasteiger partial charge in [-0.05, 0) is 68.7 Å². The Balaban J connectivity index is 1.09. The van der Waals surface area contributed by atoms with E-state index in [4.69, 9.17) is 36.1 Å². The lowest BCUT2D eigenvalue weighted by Crippen LogP contribution is -2.44. The van der Waals surface area contributed by atoms with E-state index in [1.165, 1.54) is 0 Å². The number of imidazole rings is 1. The van der Waals surface area contributed by atoms with Crippen molar-refractivity contribution in [3.63, 3.8) is 0 Å². The van der Waals surface area contributed by atoms with Crippen molar-refractivity contribution in [2.24, 2.45) is 0 Å². The van der Waals surface area contributed by atoms with Gasteiger partial charge in [0.1, 0.15) is 30.0 Å². The molecule has 4 aromatic rings. The van der Waals surface area contributed by atoms with E-state index in [1.807, 2.05) is 12.1 Å². The summed E-state index contributed by atoms with van der Waals surface area (Å²) < 4.78 is 20.0. The molecule has 0 radical (unpaired) electrons. The Bertz CT molecular complexity index is 1680. The van der Waals surface area contributed by atoms with E-state index in [2.05, 4.69) is 27.4 Å². The van der Waals surface area contributed by atoms with E-state index < -0.39 is 5.97 Å². The van der Waals surface area contributed by atoms with Gasteiger partial charge in [0, 0.05) is 31.5 Å². The molecule has 2 fully saturated rings. The third kappa shape index (κ3) is 6.59. The number of nitriles is 1. The molecule has 0 saturated carbocycles. The number of fused-ring (bicyclic) bond motifs is 1. The SMILES string of the molecule is C[C@H]1C[C@@H](Oc2ccnc(COc3ccc(C#N)cc3Cl)c2)CCN1Cc1nc2ccc(C(=O)O)cc2n1C[C@@H]1CCO1. The third-order valence-electron chi connectivity index (χ3n) is 8.09. The van der Waals surface area contributed by atoms with Gasteiger partial charge in [-0.3, -0.25) is 9.88 Å². The minimum absolute atomic E-state index is 0.0516. The lowest BCUT2D eigenvalue weighted by molar-refractivity contribution is -0.0593. The number of aromatic nitrogens is 3. The van der Waals surface area contributed by atoms with E-state index in [1.54, 1.807) is 42.6 Å². The number of pyridine rings is 1. The fraction of sp³-hybridized carbons (Fsp3) is 0.375. The molecule has 4 heterocycles. The largest absolute Gasteiger partial charge is 0.490 e.